The Morgan fingerprint density at radius 3 is 2.71 bits per heavy atom. The van der Waals surface area contributed by atoms with Crippen LogP contribution in [0.5, 0.6) is 0 Å². The van der Waals surface area contributed by atoms with Crippen molar-refractivity contribution in [2.45, 2.75) is 39.3 Å². The van der Waals surface area contributed by atoms with E-state index in [0.29, 0.717) is 17.8 Å². The Labute approximate surface area is 101 Å². The molecule has 5 nitrogen and oxygen atoms in total. The van der Waals surface area contributed by atoms with Gasteiger partial charge in [-0.3, -0.25) is 0 Å². The lowest BCUT2D eigenvalue weighted by atomic mass is 10.1. The molecule has 94 valence electrons. The van der Waals surface area contributed by atoms with Gasteiger partial charge in [-0.05, 0) is 38.8 Å². The zero-order chi connectivity index (χ0) is 13.0. The zero-order valence-electron chi connectivity index (χ0n) is 10.3. The third-order valence-corrected chi connectivity index (χ3v) is 2.45. The number of hydrogen-bond donors (Lipinski definition) is 3. The van der Waals surface area contributed by atoms with E-state index in [1.165, 1.54) is 0 Å². The molecule has 0 saturated heterocycles. The average molecular weight is 238 g/mol. The second-order valence-electron chi connectivity index (χ2n) is 4.29. The van der Waals surface area contributed by atoms with Crippen LogP contribution in [0, 0.1) is 6.92 Å². The molecular weight excluding hydrogens is 220 g/mol. The number of carbonyl (C=O) groups is 1. The van der Waals surface area contributed by atoms with E-state index < -0.39 is 12.1 Å². The molecule has 0 aromatic carbocycles. The molecule has 0 spiro atoms. The van der Waals surface area contributed by atoms with Gasteiger partial charge in [0.15, 0.2) is 0 Å². The molecule has 0 aliphatic heterocycles. The van der Waals surface area contributed by atoms with Gasteiger partial charge in [-0.2, -0.15) is 0 Å². The van der Waals surface area contributed by atoms with Gasteiger partial charge in [0.2, 0.25) is 0 Å². The van der Waals surface area contributed by atoms with Crippen LogP contribution in [-0.4, -0.2) is 33.3 Å². The molecule has 0 bridgehead atoms. The zero-order valence-corrected chi connectivity index (χ0v) is 10.3. The Balaban J connectivity index is 2.91. The highest BCUT2D eigenvalue weighted by Gasteiger charge is 2.16. The first-order chi connectivity index (χ1) is 7.91. The van der Waals surface area contributed by atoms with E-state index in [1.807, 2.05) is 6.92 Å². The first-order valence-electron chi connectivity index (χ1n) is 5.55. The van der Waals surface area contributed by atoms with Crippen molar-refractivity contribution in [2.24, 2.45) is 0 Å². The summed E-state index contributed by atoms with van der Waals surface area (Å²) in [4.78, 5) is 15.2. The minimum Gasteiger partial charge on any atom is -0.478 e. The number of aliphatic hydroxyl groups excluding tert-OH is 1. The summed E-state index contributed by atoms with van der Waals surface area (Å²) >= 11 is 0. The summed E-state index contributed by atoms with van der Waals surface area (Å²) in [6.45, 7) is 5.30. The molecule has 0 radical (unpaired) electrons. The highest BCUT2D eigenvalue weighted by molar-refractivity contribution is 5.94. The van der Waals surface area contributed by atoms with Crippen LogP contribution in [0.1, 0.15) is 36.2 Å². The number of aromatic carboxylic acids is 1. The molecule has 2 unspecified atom stereocenters. The monoisotopic (exact) mass is 238 g/mol. The van der Waals surface area contributed by atoms with Crippen molar-refractivity contribution in [3.05, 3.63) is 23.4 Å². The molecule has 1 heterocycles. The Morgan fingerprint density at radius 2 is 2.18 bits per heavy atom. The molecule has 0 aliphatic rings. The number of aromatic nitrogens is 1. The molecule has 2 atom stereocenters. The summed E-state index contributed by atoms with van der Waals surface area (Å²) in [5.74, 6) is -0.645. The predicted molar refractivity (Wildman–Crippen MR) is 65.3 cm³/mol. The van der Waals surface area contributed by atoms with Gasteiger partial charge < -0.3 is 15.5 Å². The molecule has 0 amide bonds. The van der Waals surface area contributed by atoms with E-state index in [2.05, 4.69) is 10.3 Å². The van der Waals surface area contributed by atoms with Crippen LogP contribution in [0.2, 0.25) is 0 Å². The maximum absolute atomic E-state index is 11.1. The summed E-state index contributed by atoms with van der Waals surface area (Å²) in [5, 5.41) is 21.4. The molecule has 1 rings (SSSR count). The van der Waals surface area contributed by atoms with Crippen LogP contribution in [-0.2, 0) is 0 Å². The van der Waals surface area contributed by atoms with E-state index in [0.717, 1.165) is 0 Å². The van der Waals surface area contributed by atoms with Crippen LogP contribution in [0.4, 0.5) is 5.82 Å². The predicted octanol–water partition coefficient (Wildman–Crippen LogP) is 1.66. The number of carboxylic acids is 1. The first kappa shape index (κ1) is 13.4. The number of hydrogen-bond acceptors (Lipinski definition) is 4. The normalized spacial score (nSPS) is 14.1. The fourth-order valence-corrected chi connectivity index (χ4v) is 1.74. The second-order valence-corrected chi connectivity index (χ2v) is 4.29. The van der Waals surface area contributed by atoms with Crippen molar-refractivity contribution < 1.29 is 15.0 Å². The van der Waals surface area contributed by atoms with Crippen LogP contribution in [0.25, 0.3) is 0 Å². The van der Waals surface area contributed by atoms with Gasteiger partial charge in [0.05, 0.1) is 6.10 Å². The van der Waals surface area contributed by atoms with Gasteiger partial charge >= 0.3 is 5.97 Å². The number of pyridine rings is 1. The van der Waals surface area contributed by atoms with Gasteiger partial charge in [-0.25, -0.2) is 9.78 Å². The summed E-state index contributed by atoms with van der Waals surface area (Å²) in [6.07, 6.45) is 1.67. The minimum atomic E-state index is -0.998. The molecular formula is C12H18N2O3. The molecule has 5 heteroatoms. The maximum atomic E-state index is 11.1. The SMILES string of the molecule is Cc1ccnc(NC(C)CC(C)O)c1C(=O)O. The van der Waals surface area contributed by atoms with Gasteiger partial charge in [-0.1, -0.05) is 0 Å². The molecule has 0 saturated carbocycles. The molecule has 0 aliphatic carbocycles. The number of nitrogens with one attached hydrogen (secondary N) is 1. The van der Waals surface area contributed by atoms with E-state index in [4.69, 9.17) is 5.11 Å². The van der Waals surface area contributed by atoms with Gasteiger partial charge in [0.1, 0.15) is 11.4 Å². The number of anilines is 1. The van der Waals surface area contributed by atoms with Crippen molar-refractivity contribution >= 4 is 11.8 Å². The Bertz CT molecular complexity index is 405. The molecule has 1 aromatic rings. The molecule has 3 N–H and O–H groups in total. The Kier molecular flexibility index (Phi) is 4.45. The van der Waals surface area contributed by atoms with Crippen molar-refractivity contribution in [1.29, 1.82) is 0 Å². The molecule has 0 fully saturated rings. The van der Waals surface area contributed by atoms with Crippen LogP contribution < -0.4 is 5.32 Å². The highest BCUT2D eigenvalue weighted by Crippen LogP contribution is 2.18. The highest BCUT2D eigenvalue weighted by atomic mass is 16.4. The van der Waals surface area contributed by atoms with Crippen molar-refractivity contribution in [3.63, 3.8) is 0 Å². The third-order valence-electron chi connectivity index (χ3n) is 2.45. The number of aliphatic hydroxyl groups is 1. The fraction of sp³-hybridized carbons (Fsp3) is 0.500. The second kappa shape index (κ2) is 5.63. The topological polar surface area (TPSA) is 82.5 Å². The lowest BCUT2D eigenvalue weighted by molar-refractivity contribution is 0.0697. The van der Waals surface area contributed by atoms with Gasteiger partial charge in [0, 0.05) is 12.2 Å². The lowest BCUT2D eigenvalue weighted by Crippen LogP contribution is -2.23. The van der Waals surface area contributed by atoms with Crippen molar-refractivity contribution in [2.75, 3.05) is 5.32 Å². The summed E-state index contributed by atoms with van der Waals surface area (Å²) in [6, 6.07) is 1.62. The maximum Gasteiger partial charge on any atom is 0.339 e. The van der Waals surface area contributed by atoms with E-state index in [-0.39, 0.29) is 11.6 Å². The molecule has 1 aromatic heterocycles. The average Bonchev–Trinajstić information content (AvgIpc) is 2.15. The van der Waals surface area contributed by atoms with Gasteiger partial charge in [-0.15, -0.1) is 0 Å². The smallest absolute Gasteiger partial charge is 0.339 e. The van der Waals surface area contributed by atoms with E-state index in [9.17, 15) is 9.90 Å². The van der Waals surface area contributed by atoms with E-state index >= 15 is 0 Å². The summed E-state index contributed by atoms with van der Waals surface area (Å²) < 4.78 is 0. The minimum absolute atomic E-state index is 0.0394. The van der Waals surface area contributed by atoms with Gasteiger partial charge in [0.25, 0.3) is 0 Å². The van der Waals surface area contributed by atoms with Crippen LogP contribution in [0.15, 0.2) is 12.3 Å². The standard InChI is InChI=1S/C12H18N2O3/c1-7-4-5-13-11(10(7)12(16)17)14-8(2)6-9(3)15/h4-5,8-9,15H,6H2,1-3H3,(H,13,14)(H,16,17). The summed E-state index contributed by atoms with van der Waals surface area (Å²) in [7, 11) is 0. The lowest BCUT2D eigenvalue weighted by Gasteiger charge is -2.17. The molecule has 17 heavy (non-hydrogen) atoms. The number of nitrogens with zero attached hydrogens (tertiary/aromatic N) is 1. The third kappa shape index (κ3) is 3.71. The number of carboxylic acid groups (broad SMARTS) is 1. The van der Waals surface area contributed by atoms with Crippen molar-refractivity contribution in [1.82, 2.24) is 4.98 Å². The fourth-order valence-electron chi connectivity index (χ4n) is 1.74. The van der Waals surface area contributed by atoms with E-state index in [1.54, 1.807) is 26.1 Å². The number of aryl methyl sites for hydroxylation is 1. The van der Waals surface area contributed by atoms with Crippen molar-refractivity contribution in [3.8, 4) is 0 Å². The quantitative estimate of drug-likeness (QED) is 0.726. The van der Waals surface area contributed by atoms with Crippen LogP contribution >= 0.6 is 0 Å². The Hall–Kier alpha value is -1.62. The number of rotatable bonds is 5. The Morgan fingerprint density at radius 1 is 1.53 bits per heavy atom. The summed E-state index contributed by atoms with van der Waals surface area (Å²) in [5.41, 5.74) is 0.851. The first-order valence-corrected chi connectivity index (χ1v) is 5.55. The largest absolute Gasteiger partial charge is 0.478 e. The van der Waals surface area contributed by atoms with Crippen LogP contribution in [0.3, 0.4) is 0 Å².